The van der Waals surface area contributed by atoms with Crippen LogP contribution in [-0.4, -0.2) is 34.6 Å². The molecule has 3 heterocycles. The van der Waals surface area contributed by atoms with Gasteiger partial charge in [0.05, 0.1) is 0 Å². The van der Waals surface area contributed by atoms with Crippen molar-refractivity contribution in [3.63, 3.8) is 0 Å². The van der Waals surface area contributed by atoms with Gasteiger partial charge in [0.25, 0.3) is 6.47 Å². The summed E-state index contributed by atoms with van der Waals surface area (Å²) in [5.74, 6) is 2.37. The zero-order valence-electron chi connectivity index (χ0n) is 12.6. The van der Waals surface area contributed by atoms with Crippen molar-refractivity contribution in [2.75, 3.05) is 18.0 Å². The summed E-state index contributed by atoms with van der Waals surface area (Å²) in [5.41, 5.74) is 2.48. The van der Waals surface area contributed by atoms with Crippen LogP contribution in [0.5, 0.6) is 0 Å². The van der Waals surface area contributed by atoms with E-state index in [0.717, 1.165) is 41.4 Å². The number of furan rings is 1. The monoisotopic (exact) mass is 301 g/mol. The van der Waals surface area contributed by atoms with Crippen LogP contribution in [0.15, 0.2) is 17.6 Å². The van der Waals surface area contributed by atoms with E-state index in [-0.39, 0.29) is 6.47 Å². The highest BCUT2D eigenvalue weighted by Gasteiger charge is 2.22. The average Bonchev–Trinajstić information content (AvgIpc) is 3.14. The SMILES string of the molecule is C=Cc1oc2c(N3CCCC3)nc(C)nc2c1C=C.O=CO. The van der Waals surface area contributed by atoms with Crippen LogP contribution >= 0.6 is 0 Å². The lowest BCUT2D eigenvalue weighted by molar-refractivity contribution is -0.122. The summed E-state index contributed by atoms with van der Waals surface area (Å²) >= 11 is 0. The summed E-state index contributed by atoms with van der Waals surface area (Å²) in [4.78, 5) is 19.7. The average molecular weight is 301 g/mol. The summed E-state index contributed by atoms with van der Waals surface area (Å²) in [6.07, 6.45) is 5.87. The van der Waals surface area contributed by atoms with Crippen molar-refractivity contribution < 1.29 is 14.3 Å². The molecule has 0 aliphatic carbocycles. The molecule has 2 aromatic heterocycles. The molecule has 0 aromatic carbocycles. The van der Waals surface area contributed by atoms with Crippen LogP contribution in [0.25, 0.3) is 23.3 Å². The van der Waals surface area contributed by atoms with Gasteiger partial charge in [-0.1, -0.05) is 19.2 Å². The molecule has 0 atom stereocenters. The van der Waals surface area contributed by atoms with Crippen molar-refractivity contribution >= 4 is 35.5 Å². The van der Waals surface area contributed by atoms with Gasteiger partial charge in [-0.15, -0.1) is 0 Å². The topological polar surface area (TPSA) is 79.5 Å². The zero-order valence-corrected chi connectivity index (χ0v) is 12.6. The second kappa shape index (κ2) is 6.89. The summed E-state index contributed by atoms with van der Waals surface area (Å²) in [7, 11) is 0. The van der Waals surface area contributed by atoms with Gasteiger partial charge in [-0.3, -0.25) is 4.79 Å². The van der Waals surface area contributed by atoms with Crippen molar-refractivity contribution in [1.82, 2.24) is 9.97 Å². The van der Waals surface area contributed by atoms with E-state index in [9.17, 15) is 0 Å². The van der Waals surface area contributed by atoms with Gasteiger partial charge in [0.1, 0.15) is 17.1 Å². The van der Waals surface area contributed by atoms with Crippen LogP contribution in [0.4, 0.5) is 5.82 Å². The molecule has 6 nitrogen and oxygen atoms in total. The van der Waals surface area contributed by atoms with E-state index in [0.29, 0.717) is 5.76 Å². The first-order valence-electron chi connectivity index (χ1n) is 7.05. The number of aryl methyl sites for hydroxylation is 1. The summed E-state index contributed by atoms with van der Waals surface area (Å²) in [6, 6.07) is 0. The largest absolute Gasteiger partial charge is 0.483 e. The lowest BCUT2D eigenvalue weighted by Crippen LogP contribution is -2.19. The molecule has 0 bridgehead atoms. The number of nitrogens with zero attached hydrogens (tertiary/aromatic N) is 3. The standard InChI is InChI=1S/C15H17N3O.CH2O2/c1-4-11-12(5-2)19-14-13(11)16-10(3)17-15(14)18-8-6-7-9-18;2-1-3/h4-5H,1-2,6-9H2,3H3;1H,(H,2,3). The van der Waals surface area contributed by atoms with Crippen LogP contribution in [-0.2, 0) is 4.79 Å². The Morgan fingerprint density at radius 2 is 1.86 bits per heavy atom. The molecule has 0 spiro atoms. The third kappa shape index (κ3) is 2.86. The van der Waals surface area contributed by atoms with Crippen molar-refractivity contribution in [3.8, 4) is 0 Å². The Balaban J connectivity index is 0.000000545. The van der Waals surface area contributed by atoms with Gasteiger partial charge in [0.2, 0.25) is 0 Å². The molecule has 3 rings (SSSR count). The summed E-state index contributed by atoms with van der Waals surface area (Å²) in [5, 5.41) is 6.89. The fourth-order valence-electron chi connectivity index (χ4n) is 2.60. The maximum atomic E-state index is 8.36. The molecule has 0 radical (unpaired) electrons. The normalized spacial score (nSPS) is 13.6. The number of aromatic nitrogens is 2. The highest BCUT2D eigenvalue weighted by Crippen LogP contribution is 2.33. The van der Waals surface area contributed by atoms with Crippen molar-refractivity contribution in [2.45, 2.75) is 19.8 Å². The van der Waals surface area contributed by atoms with Gasteiger partial charge < -0.3 is 14.4 Å². The smallest absolute Gasteiger partial charge is 0.290 e. The molecule has 0 amide bonds. The predicted molar refractivity (Wildman–Crippen MR) is 86.9 cm³/mol. The number of fused-ring (bicyclic) bond motifs is 1. The van der Waals surface area contributed by atoms with E-state index in [2.05, 4.69) is 28.0 Å². The van der Waals surface area contributed by atoms with E-state index in [1.807, 2.05) is 6.92 Å². The van der Waals surface area contributed by atoms with Crippen LogP contribution in [0.2, 0.25) is 0 Å². The number of hydrogen-bond acceptors (Lipinski definition) is 5. The van der Waals surface area contributed by atoms with Gasteiger partial charge in [0.15, 0.2) is 11.4 Å². The maximum Gasteiger partial charge on any atom is 0.290 e. The van der Waals surface area contributed by atoms with Crippen LogP contribution in [0.3, 0.4) is 0 Å². The number of carbonyl (C=O) groups is 1. The molecule has 116 valence electrons. The Labute approximate surface area is 128 Å². The molecule has 0 saturated carbocycles. The van der Waals surface area contributed by atoms with E-state index < -0.39 is 0 Å². The molecule has 6 heteroatoms. The number of hydrogen-bond donors (Lipinski definition) is 1. The molecular weight excluding hydrogens is 282 g/mol. The molecule has 1 saturated heterocycles. The third-order valence-electron chi connectivity index (χ3n) is 3.49. The number of anilines is 1. The molecule has 1 aliphatic heterocycles. The molecule has 1 fully saturated rings. The van der Waals surface area contributed by atoms with E-state index >= 15 is 0 Å². The first-order chi connectivity index (χ1) is 10.7. The van der Waals surface area contributed by atoms with Crippen molar-refractivity contribution in [3.05, 3.63) is 30.3 Å². The Hall–Kier alpha value is -2.63. The minimum absolute atomic E-state index is 0.250. The lowest BCUT2D eigenvalue weighted by atomic mass is 10.2. The number of rotatable bonds is 3. The van der Waals surface area contributed by atoms with E-state index in [4.69, 9.17) is 14.3 Å². The Morgan fingerprint density at radius 3 is 2.41 bits per heavy atom. The molecule has 1 aliphatic rings. The van der Waals surface area contributed by atoms with Crippen molar-refractivity contribution in [1.29, 1.82) is 0 Å². The first-order valence-corrected chi connectivity index (χ1v) is 7.05. The first kappa shape index (κ1) is 15.8. The second-order valence-electron chi connectivity index (χ2n) is 4.86. The minimum atomic E-state index is -0.250. The van der Waals surface area contributed by atoms with E-state index in [1.165, 1.54) is 12.8 Å². The Morgan fingerprint density at radius 1 is 1.23 bits per heavy atom. The fourth-order valence-corrected chi connectivity index (χ4v) is 2.60. The summed E-state index contributed by atoms with van der Waals surface area (Å²) in [6.45, 7) is 11.3. The molecule has 22 heavy (non-hydrogen) atoms. The molecule has 2 aromatic rings. The minimum Gasteiger partial charge on any atom is -0.483 e. The van der Waals surface area contributed by atoms with Crippen molar-refractivity contribution in [2.24, 2.45) is 0 Å². The van der Waals surface area contributed by atoms with Gasteiger partial charge in [-0.25, -0.2) is 9.97 Å². The van der Waals surface area contributed by atoms with Gasteiger partial charge in [-0.05, 0) is 25.8 Å². The molecule has 0 unspecified atom stereocenters. The van der Waals surface area contributed by atoms with E-state index in [1.54, 1.807) is 12.2 Å². The van der Waals surface area contributed by atoms with Crippen LogP contribution in [0, 0.1) is 6.92 Å². The predicted octanol–water partition coefficient (Wildman–Crippen LogP) is 3.12. The Bertz CT molecular complexity index is 700. The summed E-state index contributed by atoms with van der Waals surface area (Å²) < 4.78 is 5.88. The van der Waals surface area contributed by atoms with Crippen LogP contribution < -0.4 is 4.90 Å². The van der Waals surface area contributed by atoms with Gasteiger partial charge in [-0.2, -0.15) is 0 Å². The highest BCUT2D eigenvalue weighted by atomic mass is 16.3. The van der Waals surface area contributed by atoms with Crippen LogP contribution in [0.1, 0.15) is 30.0 Å². The van der Waals surface area contributed by atoms with Gasteiger partial charge >= 0.3 is 0 Å². The third-order valence-corrected chi connectivity index (χ3v) is 3.49. The fraction of sp³-hybridized carbons (Fsp3) is 0.312. The molecular formula is C16H19N3O3. The maximum absolute atomic E-state index is 8.36. The Kier molecular flexibility index (Phi) is 4.93. The zero-order chi connectivity index (χ0) is 16.1. The van der Waals surface area contributed by atoms with Gasteiger partial charge in [0, 0.05) is 18.7 Å². The lowest BCUT2D eigenvalue weighted by Gasteiger charge is -2.16. The quantitative estimate of drug-likeness (QED) is 0.877. The number of carboxylic acid groups (broad SMARTS) is 1. The molecule has 1 N–H and O–H groups in total. The second-order valence-corrected chi connectivity index (χ2v) is 4.86. The highest BCUT2D eigenvalue weighted by molar-refractivity contribution is 5.93.